The van der Waals surface area contributed by atoms with Crippen molar-refractivity contribution in [3.8, 4) is 0 Å². The van der Waals surface area contributed by atoms with Gasteiger partial charge in [-0.05, 0) is 26.0 Å². The van der Waals surface area contributed by atoms with Crippen molar-refractivity contribution in [2.75, 3.05) is 36.0 Å². The Labute approximate surface area is 120 Å². The highest BCUT2D eigenvalue weighted by molar-refractivity contribution is 5.57. The number of nitrogens with zero attached hydrogens (tertiary/aromatic N) is 4. The monoisotopic (exact) mass is 270 g/mol. The third-order valence-corrected chi connectivity index (χ3v) is 4.19. The van der Waals surface area contributed by atoms with Gasteiger partial charge < -0.3 is 9.80 Å². The van der Waals surface area contributed by atoms with Gasteiger partial charge in [-0.1, -0.05) is 18.2 Å². The number of anilines is 2. The van der Waals surface area contributed by atoms with E-state index in [0.717, 1.165) is 31.9 Å². The Bertz CT molecular complexity index is 580. The van der Waals surface area contributed by atoms with Crippen molar-refractivity contribution in [1.29, 1.82) is 0 Å². The number of hydrogen-bond acceptors (Lipinski definition) is 3. The minimum absolute atomic E-state index is 1.06. The Morgan fingerprint density at radius 2 is 1.50 bits per heavy atom. The highest BCUT2D eigenvalue weighted by Crippen LogP contribution is 2.26. The summed E-state index contributed by atoms with van der Waals surface area (Å²) < 4.78 is 1.98. The van der Waals surface area contributed by atoms with E-state index < -0.39 is 0 Å². The second-order valence-electron chi connectivity index (χ2n) is 5.45. The maximum atomic E-state index is 4.52. The van der Waals surface area contributed by atoms with E-state index in [1.807, 2.05) is 11.7 Å². The first kappa shape index (κ1) is 13.0. The van der Waals surface area contributed by atoms with Crippen LogP contribution in [0.3, 0.4) is 0 Å². The molecule has 1 aromatic carbocycles. The first-order valence-corrected chi connectivity index (χ1v) is 7.22. The van der Waals surface area contributed by atoms with E-state index in [4.69, 9.17) is 0 Å². The van der Waals surface area contributed by atoms with E-state index in [2.05, 4.69) is 59.1 Å². The van der Waals surface area contributed by atoms with Crippen LogP contribution in [0.1, 0.15) is 11.4 Å². The first-order chi connectivity index (χ1) is 9.66. The third-order valence-electron chi connectivity index (χ3n) is 4.19. The summed E-state index contributed by atoms with van der Waals surface area (Å²) in [5.41, 5.74) is 5.04. The van der Waals surface area contributed by atoms with Gasteiger partial charge >= 0.3 is 0 Å². The van der Waals surface area contributed by atoms with Crippen LogP contribution < -0.4 is 9.80 Å². The Hall–Kier alpha value is -1.97. The zero-order valence-corrected chi connectivity index (χ0v) is 12.5. The van der Waals surface area contributed by atoms with Gasteiger partial charge in [0.1, 0.15) is 0 Å². The van der Waals surface area contributed by atoms with Crippen LogP contribution in [0.4, 0.5) is 11.4 Å². The standard InChI is InChI=1S/C16H22N4/c1-13-16(14(2)18(3)17-13)20-11-9-19(10-12-20)15-7-5-4-6-8-15/h4-8H,9-12H2,1-3H3. The third kappa shape index (κ3) is 2.26. The number of aromatic nitrogens is 2. The molecule has 2 aromatic rings. The Kier molecular flexibility index (Phi) is 3.38. The Morgan fingerprint density at radius 1 is 0.900 bits per heavy atom. The average molecular weight is 270 g/mol. The summed E-state index contributed by atoms with van der Waals surface area (Å²) in [6.07, 6.45) is 0. The molecule has 2 heterocycles. The molecule has 20 heavy (non-hydrogen) atoms. The number of para-hydroxylation sites is 1. The van der Waals surface area contributed by atoms with Gasteiger partial charge in [0.2, 0.25) is 0 Å². The van der Waals surface area contributed by atoms with E-state index in [1.165, 1.54) is 17.1 Å². The number of aryl methyl sites for hydroxylation is 2. The van der Waals surface area contributed by atoms with Crippen molar-refractivity contribution in [3.63, 3.8) is 0 Å². The molecule has 0 radical (unpaired) electrons. The summed E-state index contributed by atoms with van der Waals surface area (Å²) in [5.74, 6) is 0. The van der Waals surface area contributed by atoms with Crippen molar-refractivity contribution in [2.45, 2.75) is 13.8 Å². The zero-order chi connectivity index (χ0) is 14.1. The maximum Gasteiger partial charge on any atom is 0.0829 e. The van der Waals surface area contributed by atoms with Crippen LogP contribution >= 0.6 is 0 Å². The van der Waals surface area contributed by atoms with Gasteiger partial charge in [-0.15, -0.1) is 0 Å². The molecule has 1 aliphatic rings. The fourth-order valence-corrected chi connectivity index (χ4v) is 3.05. The SMILES string of the molecule is Cc1nn(C)c(C)c1N1CCN(c2ccccc2)CC1. The molecule has 1 aromatic heterocycles. The molecule has 1 saturated heterocycles. The van der Waals surface area contributed by atoms with Crippen LogP contribution in [-0.4, -0.2) is 36.0 Å². The van der Waals surface area contributed by atoms with Gasteiger partial charge in [-0.25, -0.2) is 0 Å². The lowest BCUT2D eigenvalue weighted by molar-refractivity contribution is 0.650. The summed E-state index contributed by atoms with van der Waals surface area (Å²) in [5, 5.41) is 4.52. The lowest BCUT2D eigenvalue weighted by atomic mass is 10.2. The van der Waals surface area contributed by atoms with E-state index >= 15 is 0 Å². The summed E-state index contributed by atoms with van der Waals surface area (Å²) in [4.78, 5) is 4.93. The summed E-state index contributed by atoms with van der Waals surface area (Å²) in [6, 6.07) is 10.7. The largest absolute Gasteiger partial charge is 0.368 e. The lowest BCUT2D eigenvalue weighted by Gasteiger charge is -2.37. The van der Waals surface area contributed by atoms with Crippen molar-refractivity contribution >= 4 is 11.4 Å². The topological polar surface area (TPSA) is 24.3 Å². The van der Waals surface area contributed by atoms with Crippen molar-refractivity contribution in [2.24, 2.45) is 7.05 Å². The van der Waals surface area contributed by atoms with Crippen molar-refractivity contribution in [3.05, 3.63) is 41.7 Å². The van der Waals surface area contributed by atoms with E-state index in [9.17, 15) is 0 Å². The van der Waals surface area contributed by atoms with Crippen molar-refractivity contribution < 1.29 is 0 Å². The van der Waals surface area contributed by atoms with Crippen LogP contribution in [0.25, 0.3) is 0 Å². The van der Waals surface area contributed by atoms with Gasteiger partial charge in [0.25, 0.3) is 0 Å². The van der Waals surface area contributed by atoms with E-state index in [-0.39, 0.29) is 0 Å². The summed E-state index contributed by atoms with van der Waals surface area (Å²) in [7, 11) is 2.02. The smallest absolute Gasteiger partial charge is 0.0829 e. The predicted molar refractivity (Wildman–Crippen MR) is 83.6 cm³/mol. The molecule has 0 unspecified atom stereocenters. The number of piperazine rings is 1. The molecule has 0 amide bonds. The fourth-order valence-electron chi connectivity index (χ4n) is 3.05. The van der Waals surface area contributed by atoms with E-state index in [1.54, 1.807) is 0 Å². The lowest BCUT2D eigenvalue weighted by Crippen LogP contribution is -2.46. The number of benzene rings is 1. The van der Waals surface area contributed by atoms with Crippen LogP contribution in [0.5, 0.6) is 0 Å². The highest BCUT2D eigenvalue weighted by Gasteiger charge is 2.22. The first-order valence-electron chi connectivity index (χ1n) is 7.22. The molecule has 0 bridgehead atoms. The Balaban J connectivity index is 1.73. The van der Waals surface area contributed by atoms with Gasteiger partial charge in [-0.3, -0.25) is 4.68 Å². The minimum atomic E-state index is 1.06. The fraction of sp³-hybridized carbons (Fsp3) is 0.438. The number of hydrogen-bond donors (Lipinski definition) is 0. The molecule has 4 nitrogen and oxygen atoms in total. The second kappa shape index (κ2) is 5.19. The molecule has 0 atom stereocenters. The molecule has 4 heteroatoms. The average Bonchev–Trinajstić information content (AvgIpc) is 2.73. The molecular formula is C16H22N4. The predicted octanol–water partition coefficient (Wildman–Crippen LogP) is 2.36. The summed E-state index contributed by atoms with van der Waals surface area (Å²) in [6.45, 7) is 8.50. The van der Waals surface area contributed by atoms with E-state index in [0.29, 0.717) is 0 Å². The molecule has 1 aliphatic heterocycles. The molecule has 3 rings (SSSR count). The molecule has 0 saturated carbocycles. The Morgan fingerprint density at radius 3 is 2.05 bits per heavy atom. The van der Waals surface area contributed by atoms with Gasteiger partial charge in [-0.2, -0.15) is 5.10 Å². The normalized spacial score (nSPS) is 15.8. The van der Waals surface area contributed by atoms with Gasteiger partial charge in [0, 0.05) is 38.9 Å². The van der Waals surface area contributed by atoms with Crippen LogP contribution in [0.2, 0.25) is 0 Å². The minimum Gasteiger partial charge on any atom is -0.368 e. The zero-order valence-electron chi connectivity index (χ0n) is 12.5. The van der Waals surface area contributed by atoms with Gasteiger partial charge in [0.15, 0.2) is 0 Å². The maximum absolute atomic E-state index is 4.52. The van der Waals surface area contributed by atoms with Crippen LogP contribution in [0.15, 0.2) is 30.3 Å². The van der Waals surface area contributed by atoms with Gasteiger partial charge in [0.05, 0.1) is 17.1 Å². The van der Waals surface area contributed by atoms with Crippen LogP contribution in [-0.2, 0) is 7.05 Å². The molecular weight excluding hydrogens is 248 g/mol. The quantitative estimate of drug-likeness (QED) is 0.837. The molecule has 0 N–H and O–H groups in total. The molecule has 1 fully saturated rings. The van der Waals surface area contributed by atoms with Crippen molar-refractivity contribution in [1.82, 2.24) is 9.78 Å². The number of rotatable bonds is 2. The summed E-state index contributed by atoms with van der Waals surface area (Å²) >= 11 is 0. The molecule has 0 aliphatic carbocycles. The molecule has 106 valence electrons. The highest BCUT2D eigenvalue weighted by atomic mass is 15.3. The second-order valence-corrected chi connectivity index (χ2v) is 5.45. The molecule has 0 spiro atoms. The van der Waals surface area contributed by atoms with Crippen LogP contribution in [0, 0.1) is 13.8 Å².